The first-order chi connectivity index (χ1) is 9.20. The number of hydrogen-bond acceptors (Lipinski definition) is 5. The van der Waals surface area contributed by atoms with Crippen molar-refractivity contribution in [1.29, 1.82) is 0 Å². The summed E-state index contributed by atoms with van der Waals surface area (Å²) in [5, 5.41) is 11.9. The van der Waals surface area contributed by atoms with Crippen LogP contribution in [-0.4, -0.2) is 97.1 Å². The first kappa shape index (κ1) is 17.2. The number of aliphatic hydroxyl groups is 1. The number of hydrogen-bond donors (Lipinski definition) is 2. The Balaban J connectivity index is 0.00000200. The quantitative estimate of drug-likeness (QED) is 0.627. The predicted octanol–water partition coefficient (Wildman–Crippen LogP) is -2.02. The molecule has 0 unspecified atom stereocenters. The molecule has 2 rings (SSSR count). The molecule has 0 spiro atoms. The average molecular weight is 307 g/mol. The number of nitrogens with one attached hydrogen (secondary N) is 1. The largest absolute Gasteiger partial charge is 0.395 e. The van der Waals surface area contributed by atoms with Crippen LogP contribution in [0, 0.1) is 0 Å². The van der Waals surface area contributed by atoms with Gasteiger partial charge >= 0.3 is 0 Å². The van der Waals surface area contributed by atoms with Crippen molar-refractivity contribution in [3.05, 3.63) is 0 Å². The molecule has 0 aromatic heterocycles. The van der Waals surface area contributed by atoms with Gasteiger partial charge in [-0.15, -0.1) is 12.4 Å². The maximum atomic E-state index is 12.1. The van der Waals surface area contributed by atoms with E-state index in [1.165, 1.54) is 0 Å². The van der Waals surface area contributed by atoms with Gasteiger partial charge in [0, 0.05) is 45.8 Å². The van der Waals surface area contributed by atoms with Crippen LogP contribution in [0.3, 0.4) is 0 Å². The molecule has 0 aromatic carbocycles. The normalized spacial score (nSPS) is 20.8. The van der Waals surface area contributed by atoms with Gasteiger partial charge in [-0.3, -0.25) is 14.5 Å². The zero-order valence-electron chi connectivity index (χ0n) is 11.6. The van der Waals surface area contributed by atoms with Gasteiger partial charge in [-0.2, -0.15) is 0 Å². The Morgan fingerprint density at radius 2 is 1.90 bits per heavy atom. The summed E-state index contributed by atoms with van der Waals surface area (Å²) in [4.78, 5) is 29.3. The highest BCUT2D eigenvalue weighted by molar-refractivity contribution is 5.86. The number of amides is 2. The number of halogens is 1. The van der Waals surface area contributed by atoms with E-state index >= 15 is 0 Å². The van der Waals surface area contributed by atoms with E-state index in [9.17, 15) is 9.59 Å². The third-order valence-corrected chi connectivity index (χ3v) is 3.65. The summed E-state index contributed by atoms with van der Waals surface area (Å²) in [6.45, 7) is 5.65. The van der Waals surface area contributed by atoms with E-state index < -0.39 is 0 Å². The molecule has 2 N–H and O–H groups in total. The Labute approximate surface area is 125 Å². The molecular weight excluding hydrogens is 284 g/mol. The molecule has 2 heterocycles. The molecule has 0 atom stereocenters. The van der Waals surface area contributed by atoms with E-state index in [0.717, 1.165) is 19.6 Å². The van der Waals surface area contributed by atoms with Gasteiger partial charge in [0.1, 0.15) is 0 Å². The highest BCUT2D eigenvalue weighted by Gasteiger charge is 2.25. The van der Waals surface area contributed by atoms with Crippen LogP contribution >= 0.6 is 12.4 Å². The monoisotopic (exact) mass is 306 g/mol. The van der Waals surface area contributed by atoms with Crippen LogP contribution in [-0.2, 0) is 9.59 Å². The van der Waals surface area contributed by atoms with E-state index in [0.29, 0.717) is 32.7 Å². The van der Waals surface area contributed by atoms with E-state index in [-0.39, 0.29) is 37.4 Å². The summed E-state index contributed by atoms with van der Waals surface area (Å²) >= 11 is 0. The smallest absolute Gasteiger partial charge is 0.242 e. The summed E-state index contributed by atoms with van der Waals surface area (Å²) in [5.74, 6) is 0.0254. The number of carbonyl (C=O) groups excluding carboxylic acids is 2. The molecule has 0 aliphatic carbocycles. The Morgan fingerprint density at radius 3 is 2.50 bits per heavy atom. The fourth-order valence-electron chi connectivity index (χ4n) is 2.44. The number of aliphatic hydroxyl groups excluding tert-OH is 1. The zero-order valence-corrected chi connectivity index (χ0v) is 12.4. The Morgan fingerprint density at radius 1 is 1.20 bits per heavy atom. The number of piperazine rings is 2. The molecule has 0 bridgehead atoms. The van der Waals surface area contributed by atoms with Gasteiger partial charge in [0.15, 0.2) is 0 Å². The van der Waals surface area contributed by atoms with Gasteiger partial charge in [0.25, 0.3) is 0 Å². The van der Waals surface area contributed by atoms with Gasteiger partial charge in [0.2, 0.25) is 11.8 Å². The van der Waals surface area contributed by atoms with Gasteiger partial charge in [-0.05, 0) is 0 Å². The maximum absolute atomic E-state index is 12.1. The summed E-state index contributed by atoms with van der Waals surface area (Å²) in [5.41, 5.74) is 0. The Hall–Kier alpha value is -0.890. The van der Waals surface area contributed by atoms with Crippen molar-refractivity contribution in [3.8, 4) is 0 Å². The molecular formula is C12H23ClN4O3. The molecule has 0 aromatic rings. The Bertz CT molecular complexity index is 335. The molecule has 0 saturated carbocycles. The van der Waals surface area contributed by atoms with Crippen molar-refractivity contribution >= 4 is 24.2 Å². The highest BCUT2D eigenvalue weighted by atomic mass is 35.5. The van der Waals surface area contributed by atoms with Gasteiger partial charge < -0.3 is 20.2 Å². The second-order valence-corrected chi connectivity index (χ2v) is 4.94. The second kappa shape index (κ2) is 8.41. The number of β-amino-alcohol motifs (C(OH)–C–C–N with tert-alkyl or cyclic N) is 1. The molecule has 2 saturated heterocycles. The minimum absolute atomic E-state index is 0. The lowest BCUT2D eigenvalue weighted by Crippen LogP contribution is -2.55. The van der Waals surface area contributed by atoms with Crippen molar-refractivity contribution in [2.24, 2.45) is 0 Å². The van der Waals surface area contributed by atoms with E-state index in [1.807, 2.05) is 4.90 Å². The van der Waals surface area contributed by atoms with E-state index in [1.54, 1.807) is 4.90 Å². The molecule has 2 fully saturated rings. The summed E-state index contributed by atoms with van der Waals surface area (Å²) < 4.78 is 0. The topological polar surface area (TPSA) is 76.1 Å². The third-order valence-electron chi connectivity index (χ3n) is 3.65. The fraction of sp³-hybridized carbons (Fsp3) is 0.833. The minimum Gasteiger partial charge on any atom is -0.395 e. The first-order valence-corrected chi connectivity index (χ1v) is 6.80. The van der Waals surface area contributed by atoms with Crippen LogP contribution in [0.1, 0.15) is 0 Å². The van der Waals surface area contributed by atoms with Crippen LogP contribution in [0.5, 0.6) is 0 Å². The summed E-state index contributed by atoms with van der Waals surface area (Å²) in [6.07, 6.45) is 0. The molecule has 2 aliphatic heterocycles. The fourth-order valence-corrected chi connectivity index (χ4v) is 2.44. The van der Waals surface area contributed by atoms with E-state index in [4.69, 9.17) is 5.11 Å². The van der Waals surface area contributed by atoms with Gasteiger partial charge in [0.05, 0.1) is 19.7 Å². The average Bonchev–Trinajstić information content (AvgIpc) is 2.42. The van der Waals surface area contributed by atoms with Crippen molar-refractivity contribution in [3.63, 3.8) is 0 Å². The second-order valence-electron chi connectivity index (χ2n) is 4.94. The van der Waals surface area contributed by atoms with Crippen LogP contribution in [0.25, 0.3) is 0 Å². The lowest BCUT2D eigenvalue weighted by molar-refractivity contribution is -0.142. The minimum atomic E-state index is -0.00137. The van der Waals surface area contributed by atoms with Gasteiger partial charge in [-0.1, -0.05) is 0 Å². The zero-order chi connectivity index (χ0) is 13.7. The van der Waals surface area contributed by atoms with Crippen LogP contribution in [0.4, 0.5) is 0 Å². The molecule has 116 valence electrons. The third kappa shape index (κ3) is 4.59. The highest BCUT2D eigenvalue weighted by Crippen LogP contribution is 2.03. The lowest BCUT2D eigenvalue weighted by Gasteiger charge is -2.36. The number of carbonyl (C=O) groups is 2. The van der Waals surface area contributed by atoms with Crippen LogP contribution in [0.15, 0.2) is 0 Å². The molecule has 0 radical (unpaired) electrons. The Kier molecular flexibility index (Phi) is 7.22. The first-order valence-electron chi connectivity index (χ1n) is 6.80. The standard InChI is InChI=1S/C12H22N4O3.ClH/c17-8-7-14-3-5-15(6-4-14)12(19)10-16-2-1-13-9-11(16)18;/h13,17H,1-10H2;1H. The van der Waals surface area contributed by atoms with Crippen molar-refractivity contribution in [2.75, 3.05) is 65.5 Å². The lowest BCUT2D eigenvalue weighted by atomic mass is 10.3. The van der Waals surface area contributed by atoms with Gasteiger partial charge in [-0.25, -0.2) is 0 Å². The summed E-state index contributed by atoms with van der Waals surface area (Å²) in [7, 11) is 0. The van der Waals surface area contributed by atoms with Crippen LogP contribution < -0.4 is 5.32 Å². The van der Waals surface area contributed by atoms with Crippen LogP contribution in [0.2, 0.25) is 0 Å². The predicted molar refractivity (Wildman–Crippen MR) is 76.8 cm³/mol. The molecule has 7 nitrogen and oxygen atoms in total. The number of nitrogens with zero attached hydrogens (tertiary/aromatic N) is 3. The number of rotatable bonds is 4. The van der Waals surface area contributed by atoms with Crippen molar-refractivity contribution in [2.45, 2.75) is 0 Å². The van der Waals surface area contributed by atoms with Crippen molar-refractivity contribution in [1.82, 2.24) is 20.0 Å². The molecule has 20 heavy (non-hydrogen) atoms. The molecule has 8 heteroatoms. The van der Waals surface area contributed by atoms with Crippen molar-refractivity contribution < 1.29 is 14.7 Å². The SMILES string of the molecule is Cl.O=C(CN1CCNCC1=O)N1CCN(CCO)CC1. The van der Waals surface area contributed by atoms with E-state index in [2.05, 4.69) is 10.2 Å². The molecule has 2 amide bonds. The summed E-state index contributed by atoms with van der Waals surface area (Å²) in [6, 6.07) is 0. The maximum Gasteiger partial charge on any atom is 0.242 e. The molecule has 2 aliphatic rings.